The van der Waals surface area contributed by atoms with Crippen molar-refractivity contribution in [1.82, 2.24) is 24.9 Å². The molecule has 0 spiro atoms. The van der Waals surface area contributed by atoms with E-state index in [0.717, 1.165) is 0 Å². The lowest BCUT2D eigenvalue weighted by Crippen LogP contribution is -2.37. The highest BCUT2D eigenvalue weighted by molar-refractivity contribution is 6.00. The maximum absolute atomic E-state index is 15.6. The number of morpholine rings is 1. The van der Waals surface area contributed by atoms with E-state index in [4.69, 9.17) is 15.5 Å². The fraction of sp³-hybridized carbons (Fsp3) is 0.269. The van der Waals surface area contributed by atoms with Crippen molar-refractivity contribution >= 4 is 34.4 Å². The van der Waals surface area contributed by atoms with E-state index < -0.39 is 17.1 Å². The summed E-state index contributed by atoms with van der Waals surface area (Å²) in [5.74, 6) is 0.0306. The molecule has 1 saturated carbocycles. The summed E-state index contributed by atoms with van der Waals surface area (Å²) in [5, 5.41) is 11.9. The fourth-order valence-electron chi connectivity index (χ4n) is 4.34. The van der Waals surface area contributed by atoms with Crippen LogP contribution in [-0.2, 0) is 9.53 Å². The number of carbonyl (C=O) groups excluding carboxylic acids is 1. The topological polar surface area (TPSA) is 156 Å². The lowest BCUT2D eigenvalue weighted by molar-refractivity contribution is -0.119. The zero-order chi connectivity index (χ0) is 26.3. The molecule has 1 amide bonds. The van der Waals surface area contributed by atoms with Crippen LogP contribution in [0, 0.1) is 22.6 Å². The van der Waals surface area contributed by atoms with E-state index in [1.807, 2.05) is 6.07 Å². The minimum Gasteiger partial charge on any atom is -0.378 e. The summed E-state index contributed by atoms with van der Waals surface area (Å²) < 4.78 is 21.1. The van der Waals surface area contributed by atoms with Crippen molar-refractivity contribution in [2.45, 2.75) is 12.8 Å². The predicted molar refractivity (Wildman–Crippen MR) is 137 cm³/mol. The van der Waals surface area contributed by atoms with E-state index in [0.29, 0.717) is 72.9 Å². The number of pyridine rings is 1. The zero-order valence-electron chi connectivity index (χ0n) is 20.2. The Bertz CT molecular complexity index is 1590. The molecule has 12 heteroatoms. The molecule has 6 rings (SSSR count). The maximum Gasteiger partial charge on any atom is 0.244 e. The number of hydrogen-bond donors (Lipinski definition) is 2. The van der Waals surface area contributed by atoms with Gasteiger partial charge in [0.2, 0.25) is 11.9 Å². The number of nitrogen functional groups attached to an aromatic ring is 1. The molecule has 4 aromatic rings. The number of hydrogen-bond acceptors (Lipinski definition) is 10. The number of nitrogens with two attached hydrogens (primary N) is 1. The van der Waals surface area contributed by atoms with Crippen LogP contribution in [0.5, 0.6) is 0 Å². The summed E-state index contributed by atoms with van der Waals surface area (Å²) in [5.41, 5.74) is 6.93. The quantitative estimate of drug-likeness (QED) is 0.408. The largest absolute Gasteiger partial charge is 0.378 e. The summed E-state index contributed by atoms with van der Waals surface area (Å²) in [4.78, 5) is 36.8. The van der Waals surface area contributed by atoms with E-state index in [-0.39, 0.29) is 17.2 Å². The Hall–Kier alpha value is -4.76. The van der Waals surface area contributed by atoms with Crippen molar-refractivity contribution in [3.8, 4) is 28.6 Å². The Morgan fingerprint density at radius 1 is 1.11 bits per heavy atom. The van der Waals surface area contributed by atoms with E-state index >= 15 is 4.39 Å². The fourth-order valence-corrected chi connectivity index (χ4v) is 4.34. The monoisotopic (exact) mass is 511 g/mol. The summed E-state index contributed by atoms with van der Waals surface area (Å²) in [6.45, 7) is 2.38. The van der Waals surface area contributed by atoms with Gasteiger partial charge in [-0.1, -0.05) is 12.1 Å². The van der Waals surface area contributed by atoms with Gasteiger partial charge in [0.25, 0.3) is 0 Å². The van der Waals surface area contributed by atoms with E-state index in [1.54, 1.807) is 36.8 Å². The van der Waals surface area contributed by atoms with Gasteiger partial charge in [-0.3, -0.25) is 9.78 Å². The Morgan fingerprint density at radius 3 is 2.55 bits per heavy atom. The van der Waals surface area contributed by atoms with Crippen LogP contribution >= 0.6 is 0 Å². The summed E-state index contributed by atoms with van der Waals surface area (Å²) in [6.07, 6.45) is 5.59. The minimum absolute atomic E-state index is 0.00512. The summed E-state index contributed by atoms with van der Waals surface area (Å²) in [7, 11) is 0. The number of amides is 1. The molecule has 1 aliphatic heterocycles. The minimum atomic E-state index is -1.07. The third-order valence-electron chi connectivity index (χ3n) is 6.71. The van der Waals surface area contributed by atoms with E-state index in [2.05, 4.69) is 30.2 Å². The Balaban J connectivity index is 1.43. The van der Waals surface area contributed by atoms with Gasteiger partial charge in [0.1, 0.15) is 10.9 Å². The second-order valence-corrected chi connectivity index (χ2v) is 9.21. The van der Waals surface area contributed by atoms with Gasteiger partial charge in [0.15, 0.2) is 17.5 Å². The summed E-state index contributed by atoms with van der Waals surface area (Å²) >= 11 is 0. The molecule has 0 radical (unpaired) electrons. The number of aromatic nitrogens is 5. The van der Waals surface area contributed by atoms with Crippen molar-refractivity contribution in [2.24, 2.45) is 5.41 Å². The maximum atomic E-state index is 15.6. The van der Waals surface area contributed by atoms with Crippen LogP contribution in [0.1, 0.15) is 12.8 Å². The number of fused-ring (bicyclic) bond motifs is 1. The third-order valence-corrected chi connectivity index (χ3v) is 6.71. The van der Waals surface area contributed by atoms with Crippen LogP contribution in [0.3, 0.4) is 0 Å². The molecule has 3 N–H and O–H groups in total. The number of nitriles is 1. The van der Waals surface area contributed by atoms with E-state index in [9.17, 15) is 10.1 Å². The van der Waals surface area contributed by atoms with Gasteiger partial charge < -0.3 is 20.7 Å². The zero-order valence-corrected chi connectivity index (χ0v) is 20.2. The molecule has 2 aliphatic rings. The average molecular weight is 512 g/mol. The van der Waals surface area contributed by atoms with Crippen molar-refractivity contribution in [1.29, 1.82) is 5.26 Å². The van der Waals surface area contributed by atoms with Gasteiger partial charge in [0.05, 0.1) is 36.1 Å². The number of halogens is 1. The first-order valence-electron chi connectivity index (χ1n) is 12.1. The molecule has 0 unspecified atom stereocenters. The molecule has 1 aromatic carbocycles. The Morgan fingerprint density at radius 2 is 1.84 bits per heavy atom. The number of ether oxygens (including phenoxy) is 1. The number of rotatable bonds is 5. The van der Waals surface area contributed by atoms with Crippen molar-refractivity contribution in [2.75, 3.05) is 42.3 Å². The van der Waals surface area contributed by atoms with Gasteiger partial charge in [-0.15, -0.1) is 0 Å². The second kappa shape index (κ2) is 9.28. The predicted octanol–water partition coefficient (Wildman–Crippen LogP) is 2.95. The van der Waals surface area contributed by atoms with Crippen molar-refractivity contribution in [3.05, 3.63) is 48.7 Å². The first kappa shape index (κ1) is 23.6. The molecule has 0 atom stereocenters. The van der Waals surface area contributed by atoms with Crippen LogP contribution < -0.4 is 16.0 Å². The van der Waals surface area contributed by atoms with Gasteiger partial charge in [-0.05, 0) is 25.0 Å². The molecule has 11 nitrogen and oxygen atoms in total. The molecule has 38 heavy (non-hydrogen) atoms. The molecule has 1 saturated heterocycles. The molecule has 190 valence electrons. The first-order chi connectivity index (χ1) is 18.5. The lowest BCUT2D eigenvalue weighted by atomic mass is 10.0. The van der Waals surface area contributed by atoms with Crippen LogP contribution in [0.15, 0.2) is 42.9 Å². The van der Waals surface area contributed by atoms with Crippen molar-refractivity contribution in [3.63, 3.8) is 0 Å². The number of anilines is 3. The smallest absolute Gasteiger partial charge is 0.244 e. The number of nitrogens with zero attached hydrogens (tertiary/aromatic N) is 7. The highest BCUT2D eigenvalue weighted by atomic mass is 19.1. The second-order valence-electron chi connectivity index (χ2n) is 9.21. The first-order valence-corrected chi connectivity index (χ1v) is 12.1. The molecule has 2 fully saturated rings. The lowest BCUT2D eigenvalue weighted by Gasteiger charge is -2.28. The van der Waals surface area contributed by atoms with Gasteiger partial charge in [-0.25, -0.2) is 24.3 Å². The normalized spacial score (nSPS) is 16.2. The number of nitrogens with one attached hydrogen (secondary N) is 1. The van der Waals surface area contributed by atoms with E-state index in [1.165, 1.54) is 6.07 Å². The molecular weight excluding hydrogens is 489 g/mol. The van der Waals surface area contributed by atoms with Gasteiger partial charge in [0, 0.05) is 42.8 Å². The average Bonchev–Trinajstić information content (AvgIpc) is 3.76. The highest BCUT2D eigenvalue weighted by Gasteiger charge is 2.50. The molecule has 0 bridgehead atoms. The Kier molecular flexibility index (Phi) is 5.77. The van der Waals surface area contributed by atoms with Crippen molar-refractivity contribution < 1.29 is 13.9 Å². The summed E-state index contributed by atoms with van der Waals surface area (Å²) in [6, 6.07) is 8.47. The Labute approximate surface area is 216 Å². The molecule has 1 aliphatic carbocycles. The van der Waals surface area contributed by atoms with Gasteiger partial charge >= 0.3 is 0 Å². The van der Waals surface area contributed by atoms with Crippen LogP contribution in [0.4, 0.5) is 21.8 Å². The standard InChI is InChI=1S/C26H22FN9O2/c27-20-17(2-1-3-18(20)34-24(37)26(14-28)4-5-26)15-10-19-21(30-11-15)23(36-6-8-38-9-7-36)35-22(33-19)16-12-31-25(29)32-13-16/h1-3,10-13H,4-9H2,(H,34,37)(H2,29,31,32). The number of benzene rings is 1. The molecular formula is C26H22FN9O2. The van der Waals surface area contributed by atoms with Crippen LogP contribution in [-0.4, -0.2) is 57.1 Å². The SMILES string of the molecule is N#CC1(C(=O)Nc2cccc(-c3cnc4c(N5CCOCC5)nc(-c5cnc(N)nc5)nc4c3)c2F)CC1. The molecule has 4 heterocycles. The van der Waals surface area contributed by atoms with Gasteiger partial charge in [-0.2, -0.15) is 5.26 Å². The van der Waals surface area contributed by atoms with Crippen LogP contribution in [0.25, 0.3) is 33.5 Å². The number of carbonyl (C=O) groups is 1. The highest BCUT2D eigenvalue weighted by Crippen LogP contribution is 2.46. The third kappa shape index (κ3) is 4.22. The van der Waals surface area contributed by atoms with Crippen LogP contribution in [0.2, 0.25) is 0 Å². The molecule has 3 aromatic heterocycles.